The number of thioether (sulfide) groups is 1. The molecule has 2 atom stereocenters. The summed E-state index contributed by atoms with van der Waals surface area (Å²) in [7, 11) is 0. The topological polar surface area (TPSA) is 12.0 Å². The molecule has 3 heteroatoms. The largest absolute Gasteiger partial charge is 0.313 e. The quantitative estimate of drug-likeness (QED) is 0.705. The molecule has 1 aromatic rings. The highest BCUT2D eigenvalue weighted by molar-refractivity contribution is 7.99. The molecule has 1 N–H and O–H groups in total. The first-order chi connectivity index (χ1) is 8.67. The molecule has 1 rings (SSSR count). The molecule has 0 saturated heterocycles. The first-order valence-electron chi connectivity index (χ1n) is 6.79. The first kappa shape index (κ1) is 15.5. The summed E-state index contributed by atoms with van der Waals surface area (Å²) in [6.07, 6.45) is 2.35. The minimum absolute atomic E-state index is 0.165. The van der Waals surface area contributed by atoms with Crippen LogP contribution in [0.3, 0.4) is 0 Å². The van der Waals surface area contributed by atoms with E-state index in [-0.39, 0.29) is 5.82 Å². The molecule has 0 aromatic heterocycles. The van der Waals surface area contributed by atoms with Gasteiger partial charge in [-0.05, 0) is 43.1 Å². The van der Waals surface area contributed by atoms with Gasteiger partial charge in [0.25, 0.3) is 0 Å². The smallest absolute Gasteiger partial charge is 0.123 e. The monoisotopic (exact) mass is 269 g/mol. The summed E-state index contributed by atoms with van der Waals surface area (Å²) >= 11 is 1.80. The van der Waals surface area contributed by atoms with Crippen molar-refractivity contribution < 1.29 is 4.39 Å². The van der Waals surface area contributed by atoms with Crippen LogP contribution in [-0.2, 0) is 0 Å². The summed E-state index contributed by atoms with van der Waals surface area (Å²) in [6.45, 7) is 7.78. The van der Waals surface area contributed by atoms with E-state index >= 15 is 0 Å². The Morgan fingerprint density at radius 3 is 2.44 bits per heavy atom. The van der Waals surface area contributed by atoms with Crippen molar-refractivity contribution >= 4 is 11.8 Å². The van der Waals surface area contributed by atoms with Gasteiger partial charge in [0.2, 0.25) is 0 Å². The summed E-state index contributed by atoms with van der Waals surface area (Å²) in [5.41, 5.74) is 0. The number of hydrogen-bond acceptors (Lipinski definition) is 2. The predicted molar refractivity (Wildman–Crippen MR) is 78.7 cm³/mol. The standard InChI is InChI=1S/C15H24FNS/c1-4-10-17-15(12(3)5-2)11-18-14-8-6-13(16)7-9-14/h6-9,12,15,17H,4-5,10-11H2,1-3H3. The highest BCUT2D eigenvalue weighted by Crippen LogP contribution is 2.22. The molecule has 0 spiro atoms. The molecule has 0 aliphatic rings. The van der Waals surface area contributed by atoms with Gasteiger partial charge in [0, 0.05) is 16.7 Å². The summed E-state index contributed by atoms with van der Waals surface area (Å²) in [4.78, 5) is 1.14. The fraction of sp³-hybridized carbons (Fsp3) is 0.600. The van der Waals surface area contributed by atoms with Gasteiger partial charge in [0.05, 0.1) is 0 Å². The SMILES string of the molecule is CCCNC(CSc1ccc(F)cc1)C(C)CC. The van der Waals surface area contributed by atoms with E-state index in [2.05, 4.69) is 26.1 Å². The van der Waals surface area contributed by atoms with Crippen LogP contribution in [0.15, 0.2) is 29.2 Å². The Hall–Kier alpha value is -0.540. The number of hydrogen-bond donors (Lipinski definition) is 1. The van der Waals surface area contributed by atoms with Gasteiger partial charge < -0.3 is 5.32 Å². The fourth-order valence-electron chi connectivity index (χ4n) is 1.76. The third kappa shape index (κ3) is 5.40. The van der Waals surface area contributed by atoms with E-state index in [0.717, 1.165) is 23.6 Å². The Labute approximate surface area is 115 Å². The van der Waals surface area contributed by atoms with Crippen molar-refractivity contribution in [2.24, 2.45) is 5.92 Å². The minimum Gasteiger partial charge on any atom is -0.313 e. The highest BCUT2D eigenvalue weighted by atomic mass is 32.2. The molecule has 0 bridgehead atoms. The minimum atomic E-state index is -0.165. The Kier molecular flexibility index (Phi) is 7.36. The Morgan fingerprint density at radius 2 is 1.89 bits per heavy atom. The zero-order valence-corrected chi connectivity index (χ0v) is 12.4. The Morgan fingerprint density at radius 1 is 1.22 bits per heavy atom. The van der Waals surface area contributed by atoms with E-state index < -0.39 is 0 Å². The average Bonchev–Trinajstić information content (AvgIpc) is 2.40. The lowest BCUT2D eigenvalue weighted by Crippen LogP contribution is -2.37. The molecule has 0 heterocycles. The summed E-state index contributed by atoms with van der Waals surface area (Å²) in [5, 5.41) is 3.61. The van der Waals surface area contributed by atoms with E-state index in [4.69, 9.17) is 0 Å². The Bertz CT molecular complexity index is 326. The van der Waals surface area contributed by atoms with Gasteiger partial charge in [0.15, 0.2) is 0 Å². The molecule has 0 radical (unpaired) electrons. The van der Waals surface area contributed by atoms with E-state index in [1.807, 2.05) is 12.1 Å². The van der Waals surface area contributed by atoms with Gasteiger partial charge in [-0.15, -0.1) is 11.8 Å². The third-order valence-corrected chi connectivity index (χ3v) is 4.36. The zero-order valence-electron chi connectivity index (χ0n) is 11.6. The van der Waals surface area contributed by atoms with Crippen molar-refractivity contribution in [1.82, 2.24) is 5.32 Å². The van der Waals surface area contributed by atoms with Crippen molar-refractivity contribution in [3.63, 3.8) is 0 Å². The van der Waals surface area contributed by atoms with Crippen LogP contribution in [0.25, 0.3) is 0 Å². The van der Waals surface area contributed by atoms with Crippen molar-refractivity contribution in [2.75, 3.05) is 12.3 Å². The molecule has 0 fully saturated rings. The van der Waals surface area contributed by atoms with Gasteiger partial charge in [-0.1, -0.05) is 27.2 Å². The van der Waals surface area contributed by atoms with E-state index in [9.17, 15) is 4.39 Å². The molecule has 18 heavy (non-hydrogen) atoms. The normalized spacial score (nSPS) is 14.4. The van der Waals surface area contributed by atoms with Crippen LogP contribution >= 0.6 is 11.8 Å². The maximum absolute atomic E-state index is 12.8. The van der Waals surface area contributed by atoms with Crippen molar-refractivity contribution in [3.05, 3.63) is 30.1 Å². The fourth-order valence-corrected chi connectivity index (χ4v) is 2.90. The lowest BCUT2D eigenvalue weighted by molar-refractivity contribution is 0.397. The maximum Gasteiger partial charge on any atom is 0.123 e. The van der Waals surface area contributed by atoms with Gasteiger partial charge in [0.1, 0.15) is 5.82 Å². The van der Waals surface area contributed by atoms with Crippen molar-refractivity contribution in [2.45, 2.75) is 44.6 Å². The van der Waals surface area contributed by atoms with Gasteiger partial charge in [-0.3, -0.25) is 0 Å². The van der Waals surface area contributed by atoms with Crippen LogP contribution in [0.4, 0.5) is 4.39 Å². The van der Waals surface area contributed by atoms with Gasteiger partial charge in [-0.2, -0.15) is 0 Å². The number of halogens is 1. The molecular weight excluding hydrogens is 245 g/mol. The number of benzene rings is 1. The molecule has 0 aliphatic heterocycles. The average molecular weight is 269 g/mol. The molecule has 0 saturated carbocycles. The zero-order chi connectivity index (χ0) is 13.4. The van der Waals surface area contributed by atoms with Gasteiger partial charge in [-0.25, -0.2) is 4.39 Å². The second kappa shape index (κ2) is 8.54. The van der Waals surface area contributed by atoms with E-state index in [1.165, 1.54) is 18.6 Å². The van der Waals surface area contributed by atoms with Crippen LogP contribution in [0, 0.1) is 11.7 Å². The number of nitrogens with one attached hydrogen (secondary N) is 1. The molecule has 0 aliphatic carbocycles. The molecular formula is C15H24FNS. The predicted octanol–water partition coefficient (Wildman–Crippen LogP) is 4.33. The van der Waals surface area contributed by atoms with E-state index in [0.29, 0.717) is 12.0 Å². The van der Waals surface area contributed by atoms with Crippen LogP contribution in [0.1, 0.15) is 33.6 Å². The Balaban J connectivity index is 2.47. The van der Waals surface area contributed by atoms with Gasteiger partial charge >= 0.3 is 0 Å². The molecule has 1 aromatic carbocycles. The molecule has 0 amide bonds. The third-order valence-electron chi connectivity index (χ3n) is 3.23. The lowest BCUT2D eigenvalue weighted by atomic mass is 10.0. The van der Waals surface area contributed by atoms with Crippen LogP contribution < -0.4 is 5.32 Å². The van der Waals surface area contributed by atoms with Crippen LogP contribution in [-0.4, -0.2) is 18.3 Å². The van der Waals surface area contributed by atoms with Crippen LogP contribution in [0.2, 0.25) is 0 Å². The highest BCUT2D eigenvalue weighted by Gasteiger charge is 2.15. The number of rotatable bonds is 8. The second-order valence-corrected chi connectivity index (χ2v) is 5.80. The van der Waals surface area contributed by atoms with E-state index in [1.54, 1.807) is 11.8 Å². The van der Waals surface area contributed by atoms with Crippen molar-refractivity contribution in [1.29, 1.82) is 0 Å². The van der Waals surface area contributed by atoms with Crippen LogP contribution in [0.5, 0.6) is 0 Å². The summed E-state index contributed by atoms with van der Waals surface area (Å²) < 4.78 is 12.8. The second-order valence-electron chi connectivity index (χ2n) is 4.71. The summed E-state index contributed by atoms with van der Waals surface area (Å²) in [6, 6.07) is 7.30. The molecule has 1 nitrogen and oxygen atoms in total. The molecule has 102 valence electrons. The summed E-state index contributed by atoms with van der Waals surface area (Å²) in [5.74, 6) is 1.55. The van der Waals surface area contributed by atoms with Crippen molar-refractivity contribution in [3.8, 4) is 0 Å². The lowest BCUT2D eigenvalue weighted by Gasteiger charge is -2.24. The maximum atomic E-state index is 12.8. The molecule has 2 unspecified atom stereocenters. The first-order valence-corrected chi connectivity index (χ1v) is 7.77.